The van der Waals surface area contributed by atoms with Gasteiger partial charge in [0.15, 0.2) is 12.6 Å². The Bertz CT molecular complexity index is 1390. The molecule has 3 aliphatic heterocycles. The molecule has 1 aliphatic carbocycles. The monoisotopic (exact) mass is 608 g/mol. The summed E-state index contributed by atoms with van der Waals surface area (Å²) in [4.78, 5) is 0. The minimum absolute atomic E-state index is 0.0320. The molecule has 43 heavy (non-hydrogen) atoms. The van der Waals surface area contributed by atoms with Gasteiger partial charge in [-0.3, -0.25) is 4.55 Å². The van der Waals surface area contributed by atoms with E-state index >= 15 is 0 Å². The van der Waals surface area contributed by atoms with Crippen LogP contribution in [0.25, 0.3) is 0 Å². The molecule has 0 bridgehead atoms. The Morgan fingerprint density at radius 1 is 0.674 bits per heavy atom. The zero-order valence-electron chi connectivity index (χ0n) is 23.6. The molecule has 0 spiro atoms. The molecule has 228 valence electrons. The first-order valence-electron chi connectivity index (χ1n) is 14.9. The maximum atomic E-state index is 11.8. The highest BCUT2D eigenvalue weighted by Gasteiger charge is 2.58. The summed E-state index contributed by atoms with van der Waals surface area (Å²) in [6.07, 6.45) is -1.75. The lowest BCUT2D eigenvalue weighted by Gasteiger charge is -2.40. The lowest BCUT2D eigenvalue weighted by atomic mass is 9.81. The molecule has 1 N–H and O–H groups in total. The van der Waals surface area contributed by atoms with Crippen LogP contribution >= 0.6 is 0 Å². The second kappa shape index (κ2) is 12.4. The molecule has 1 unspecified atom stereocenters. The Labute approximate surface area is 252 Å². The molecule has 3 aromatic carbocycles. The second-order valence-corrected chi connectivity index (χ2v) is 12.8. The first-order valence-corrected chi connectivity index (χ1v) is 16.3. The molecule has 9 nitrogen and oxygen atoms in total. The van der Waals surface area contributed by atoms with Crippen LogP contribution in [0.3, 0.4) is 0 Å². The molecule has 4 fully saturated rings. The number of ether oxygens (including phenoxy) is 5. The summed E-state index contributed by atoms with van der Waals surface area (Å²) >= 11 is 0. The highest BCUT2D eigenvalue weighted by molar-refractivity contribution is 7.80. The smallest absolute Gasteiger partial charge is 0.368 e. The minimum Gasteiger partial charge on any atom is -0.368 e. The Kier molecular flexibility index (Phi) is 8.36. The van der Waals surface area contributed by atoms with Crippen molar-refractivity contribution in [1.82, 2.24) is 0 Å². The van der Waals surface area contributed by atoms with Crippen LogP contribution in [-0.2, 0) is 38.3 Å². The Morgan fingerprint density at radius 2 is 1.16 bits per heavy atom. The number of benzene rings is 3. The molecule has 3 aromatic rings. The zero-order chi connectivity index (χ0) is 29.4. The third kappa shape index (κ3) is 6.29. The van der Waals surface area contributed by atoms with Crippen molar-refractivity contribution in [3.8, 4) is 0 Å². The van der Waals surface area contributed by atoms with Crippen molar-refractivity contribution in [2.75, 3.05) is 13.2 Å². The third-order valence-corrected chi connectivity index (χ3v) is 9.73. The van der Waals surface area contributed by atoms with Crippen molar-refractivity contribution >= 4 is 10.4 Å². The van der Waals surface area contributed by atoms with Crippen LogP contribution < -0.4 is 0 Å². The van der Waals surface area contributed by atoms with Crippen LogP contribution in [0.2, 0.25) is 0 Å². The van der Waals surface area contributed by atoms with E-state index in [2.05, 4.69) is 0 Å². The fraction of sp³-hybridized carbons (Fsp3) is 0.455. The molecule has 1 saturated carbocycles. The molecule has 4 aliphatic rings. The summed E-state index contributed by atoms with van der Waals surface area (Å²) in [6, 6.07) is 29.6. The van der Waals surface area contributed by atoms with E-state index in [1.165, 1.54) is 0 Å². The Morgan fingerprint density at radius 3 is 1.65 bits per heavy atom. The lowest BCUT2D eigenvalue weighted by molar-refractivity contribution is -0.292. The van der Waals surface area contributed by atoms with Gasteiger partial charge in [-0.1, -0.05) is 91.0 Å². The summed E-state index contributed by atoms with van der Waals surface area (Å²) in [5.41, 5.74) is 2.90. The maximum Gasteiger partial charge on any atom is 0.397 e. The topological polar surface area (TPSA) is 110 Å². The van der Waals surface area contributed by atoms with E-state index in [1.54, 1.807) is 0 Å². The van der Waals surface area contributed by atoms with Gasteiger partial charge in [-0.15, -0.1) is 0 Å². The largest absolute Gasteiger partial charge is 0.397 e. The Hall–Kier alpha value is -2.67. The van der Waals surface area contributed by atoms with Gasteiger partial charge in [0.25, 0.3) is 0 Å². The minimum atomic E-state index is -4.67. The van der Waals surface area contributed by atoms with Crippen molar-refractivity contribution in [1.29, 1.82) is 0 Å². The number of hydrogen-bond acceptors (Lipinski definition) is 8. The summed E-state index contributed by atoms with van der Waals surface area (Å²) in [5.74, 6) is -0.115. The SMILES string of the molecule is O=S(=O)(O)O[C@@H]1CCC(c2ccccc2)O[C@H]1CC1[C@H]2CO[C@@H](c3ccccc3)O[C@H]2[C@@H]2O[C@H](c3ccccc3)OC[C@H]12. The highest BCUT2D eigenvalue weighted by atomic mass is 32.3. The van der Waals surface area contributed by atoms with Crippen molar-refractivity contribution in [2.24, 2.45) is 17.8 Å². The molecular weight excluding hydrogens is 572 g/mol. The van der Waals surface area contributed by atoms with E-state index in [9.17, 15) is 13.0 Å². The first kappa shape index (κ1) is 29.1. The fourth-order valence-corrected chi connectivity index (χ4v) is 7.82. The first-order chi connectivity index (χ1) is 20.9. The van der Waals surface area contributed by atoms with Crippen LogP contribution in [0.15, 0.2) is 91.0 Å². The molecule has 10 heteroatoms. The number of fused-ring (bicyclic) bond motifs is 3. The average Bonchev–Trinajstić information content (AvgIpc) is 3.34. The van der Waals surface area contributed by atoms with Crippen LogP contribution in [0.5, 0.6) is 0 Å². The van der Waals surface area contributed by atoms with Crippen molar-refractivity contribution in [3.63, 3.8) is 0 Å². The summed E-state index contributed by atoms with van der Waals surface area (Å²) in [7, 11) is -4.67. The normalized spacial score (nSPS) is 36.0. The molecule has 0 aromatic heterocycles. The average molecular weight is 609 g/mol. The predicted octanol–water partition coefficient (Wildman–Crippen LogP) is 5.58. The van der Waals surface area contributed by atoms with Crippen molar-refractivity contribution < 1.29 is 40.8 Å². The highest BCUT2D eigenvalue weighted by Crippen LogP contribution is 2.52. The number of hydrogen-bond donors (Lipinski definition) is 1. The van der Waals surface area contributed by atoms with Gasteiger partial charge in [-0.25, -0.2) is 4.18 Å². The molecule has 0 amide bonds. The summed E-state index contributed by atoms with van der Waals surface area (Å²) in [5, 5.41) is 0. The van der Waals surface area contributed by atoms with Crippen molar-refractivity contribution in [2.45, 2.75) is 62.4 Å². The molecule has 0 radical (unpaired) electrons. The van der Waals surface area contributed by atoms with Crippen molar-refractivity contribution in [3.05, 3.63) is 108 Å². The van der Waals surface area contributed by atoms with E-state index in [4.69, 9.17) is 27.9 Å². The van der Waals surface area contributed by atoms with Crippen LogP contribution in [0.1, 0.15) is 54.6 Å². The van der Waals surface area contributed by atoms with E-state index in [0.717, 1.165) is 16.7 Å². The van der Waals surface area contributed by atoms with Gasteiger partial charge in [0.2, 0.25) is 0 Å². The van der Waals surface area contributed by atoms with Crippen LogP contribution in [0, 0.1) is 17.8 Å². The van der Waals surface area contributed by atoms with Gasteiger partial charge < -0.3 is 23.7 Å². The lowest BCUT2D eigenvalue weighted by Crippen LogP contribution is -2.43. The second-order valence-electron chi connectivity index (χ2n) is 11.8. The molecule has 3 saturated heterocycles. The zero-order valence-corrected chi connectivity index (χ0v) is 24.4. The summed E-state index contributed by atoms with van der Waals surface area (Å²) < 4.78 is 70.9. The Balaban J connectivity index is 1.17. The van der Waals surface area contributed by atoms with Crippen LogP contribution in [-0.4, -0.2) is 50.6 Å². The van der Waals surface area contributed by atoms with Gasteiger partial charge >= 0.3 is 10.4 Å². The standard InChI is InChI=1S/C33H36O9S/c34-43(35,36)42-28-17-16-27(21-10-4-1-5-11-21)39-29(28)18-24-25-19-37-32(22-12-6-2-7-13-22)40-30(25)31-26(24)20-38-33(41-31)23-14-8-3-9-15-23/h1-15,24-33H,16-20H2,(H,34,35,36)/t25-,26-,27?,28-,29+,30-,31-,32-,33-/m1/s1. The van der Waals surface area contributed by atoms with Gasteiger partial charge in [0, 0.05) is 23.0 Å². The quantitative estimate of drug-likeness (QED) is 0.344. The van der Waals surface area contributed by atoms with Gasteiger partial charge in [-0.2, -0.15) is 8.42 Å². The van der Waals surface area contributed by atoms with Gasteiger partial charge in [0.1, 0.15) is 6.10 Å². The van der Waals surface area contributed by atoms with Gasteiger partial charge in [0.05, 0.1) is 37.6 Å². The van der Waals surface area contributed by atoms with E-state index in [-0.39, 0.29) is 36.1 Å². The third-order valence-electron chi connectivity index (χ3n) is 9.24. The van der Waals surface area contributed by atoms with Crippen LogP contribution in [0.4, 0.5) is 0 Å². The molecule has 9 atom stereocenters. The van der Waals surface area contributed by atoms with E-state index < -0.39 is 35.2 Å². The summed E-state index contributed by atoms with van der Waals surface area (Å²) in [6.45, 7) is 0.889. The molecule has 3 heterocycles. The van der Waals surface area contributed by atoms with Gasteiger partial charge in [-0.05, 0) is 30.7 Å². The fourth-order valence-electron chi connectivity index (χ4n) is 7.29. The predicted molar refractivity (Wildman–Crippen MR) is 155 cm³/mol. The molecule has 7 rings (SSSR count). The maximum absolute atomic E-state index is 11.8. The number of rotatable bonds is 7. The molecular formula is C33H36O9S. The van der Waals surface area contributed by atoms with E-state index in [1.807, 2.05) is 91.0 Å². The van der Waals surface area contributed by atoms with E-state index in [0.29, 0.717) is 32.5 Å².